The summed E-state index contributed by atoms with van der Waals surface area (Å²) in [5, 5.41) is 7.00. The Kier molecular flexibility index (Phi) is 6.90. The van der Waals surface area contributed by atoms with Crippen LogP contribution in [0.3, 0.4) is 0 Å². The third kappa shape index (κ3) is 6.49. The van der Waals surface area contributed by atoms with E-state index >= 15 is 0 Å². The quantitative estimate of drug-likeness (QED) is 0.407. The van der Waals surface area contributed by atoms with Gasteiger partial charge in [-0.1, -0.05) is 36.7 Å². The predicted octanol–water partition coefficient (Wildman–Crippen LogP) is 6.96. The van der Waals surface area contributed by atoms with Crippen LogP contribution in [-0.2, 0) is 0 Å². The highest BCUT2D eigenvalue weighted by atomic mass is 35.5. The molecule has 0 amide bonds. The molecular formula is C22H22ClF3N4O. The first-order valence-electron chi connectivity index (χ1n) is 9.68. The topological polar surface area (TPSA) is 59.1 Å². The Morgan fingerprint density at radius 2 is 1.87 bits per heavy atom. The predicted molar refractivity (Wildman–Crippen MR) is 117 cm³/mol. The van der Waals surface area contributed by atoms with Crippen LogP contribution in [0, 0.1) is 6.92 Å². The molecule has 3 aromatic rings. The van der Waals surface area contributed by atoms with Crippen molar-refractivity contribution in [2.75, 3.05) is 10.6 Å². The Balaban J connectivity index is 2.01. The van der Waals surface area contributed by atoms with Gasteiger partial charge in [-0.15, -0.1) is 13.2 Å². The number of rotatable bonds is 7. The zero-order valence-corrected chi connectivity index (χ0v) is 18.0. The summed E-state index contributed by atoms with van der Waals surface area (Å²) in [6.45, 7) is 5.94. The van der Waals surface area contributed by atoms with E-state index in [-0.39, 0.29) is 11.8 Å². The van der Waals surface area contributed by atoms with Crippen molar-refractivity contribution in [2.24, 2.45) is 0 Å². The lowest BCUT2D eigenvalue weighted by Crippen LogP contribution is -2.17. The Morgan fingerprint density at radius 3 is 2.58 bits per heavy atom. The Hall–Kier alpha value is -3.00. The minimum absolute atomic E-state index is 0.107. The van der Waals surface area contributed by atoms with E-state index in [0.29, 0.717) is 28.0 Å². The Morgan fingerprint density at radius 1 is 1.10 bits per heavy atom. The number of ether oxygens (including phenoxy) is 1. The molecule has 2 N–H and O–H groups in total. The van der Waals surface area contributed by atoms with E-state index in [1.54, 1.807) is 24.3 Å². The maximum absolute atomic E-state index is 12.6. The molecule has 3 rings (SSSR count). The number of alkyl halides is 3. The molecule has 2 aromatic carbocycles. The van der Waals surface area contributed by atoms with Gasteiger partial charge in [-0.2, -0.15) is 4.98 Å². The maximum atomic E-state index is 12.6. The lowest BCUT2D eigenvalue weighted by molar-refractivity contribution is -0.274. The first-order chi connectivity index (χ1) is 14.6. The summed E-state index contributed by atoms with van der Waals surface area (Å²) in [6.07, 6.45) is -3.93. The summed E-state index contributed by atoms with van der Waals surface area (Å²) in [4.78, 5) is 8.99. The molecule has 0 bridgehead atoms. The molecule has 0 saturated heterocycles. The third-order valence-corrected chi connectivity index (χ3v) is 4.77. The van der Waals surface area contributed by atoms with E-state index in [1.165, 1.54) is 18.2 Å². The highest BCUT2D eigenvalue weighted by molar-refractivity contribution is 6.30. The maximum Gasteiger partial charge on any atom is 0.573 e. The number of aryl methyl sites for hydroxylation is 1. The molecule has 9 heteroatoms. The fourth-order valence-corrected chi connectivity index (χ4v) is 2.94. The molecule has 5 nitrogen and oxygen atoms in total. The van der Waals surface area contributed by atoms with Gasteiger partial charge in [-0.05, 0) is 50.1 Å². The molecule has 0 saturated carbocycles. The average Bonchev–Trinajstić information content (AvgIpc) is 2.69. The highest BCUT2D eigenvalue weighted by Gasteiger charge is 2.31. The molecule has 0 unspecified atom stereocenters. The smallest absolute Gasteiger partial charge is 0.406 e. The van der Waals surface area contributed by atoms with Crippen molar-refractivity contribution in [3.05, 3.63) is 59.1 Å². The molecule has 31 heavy (non-hydrogen) atoms. The van der Waals surface area contributed by atoms with Crippen molar-refractivity contribution in [1.29, 1.82) is 0 Å². The number of halogens is 4. The van der Waals surface area contributed by atoms with Crippen LogP contribution in [0.2, 0.25) is 5.02 Å². The van der Waals surface area contributed by atoms with Crippen LogP contribution < -0.4 is 15.4 Å². The van der Waals surface area contributed by atoms with Crippen LogP contribution >= 0.6 is 11.6 Å². The highest BCUT2D eigenvalue weighted by Crippen LogP contribution is 2.30. The van der Waals surface area contributed by atoms with Gasteiger partial charge in [-0.3, -0.25) is 0 Å². The summed E-state index contributed by atoms with van der Waals surface area (Å²) in [6, 6.07) is 12.9. The van der Waals surface area contributed by atoms with Crippen LogP contribution in [0.5, 0.6) is 5.75 Å². The summed E-state index contributed by atoms with van der Waals surface area (Å²) < 4.78 is 41.9. The van der Waals surface area contributed by atoms with Crippen molar-refractivity contribution < 1.29 is 17.9 Å². The standard InChI is InChI=1S/C22H22ClF3N4O/c1-4-14(3)27-21-29-19(15-6-5-7-17(10-15)31-22(24,25)26)12-20(30-21)28-18-11-16(23)9-8-13(18)2/h5-12,14H,4H2,1-3H3,(H2,27,28,29,30)/t14-/m0/s1. The van der Waals surface area contributed by atoms with E-state index in [0.717, 1.165) is 17.7 Å². The van der Waals surface area contributed by atoms with Gasteiger partial charge in [0.25, 0.3) is 0 Å². The largest absolute Gasteiger partial charge is 0.573 e. The molecule has 1 aromatic heterocycles. The van der Waals surface area contributed by atoms with Crippen LogP contribution in [0.25, 0.3) is 11.3 Å². The number of anilines is 3. The van der Waals surface area contributed by atoms with E-state index in [1.807, 2.05) is 26.8 Å². The van der Waals surface area contributed by atoms with Crippen molar-refractivity contribution in [2.45, 2.75) is 39.6 Å². The molecule has 0 aliphatic carbocycles. The van der Waals surface area contributed by atoms with Crippen LogP contribution in [0.1, 0.15) is 25.8 Å². The van der Waals surface area contributed by atoms with Gasteiger partial charge in [0.1, 0.15) is 11.6 Å². The van der Waals surface area contributed by atoms with Gasteiger partial charge < -0.3 is 15.4 Å². The number of hydrogen-bond donors (Lipinski definition) is 2. The number of nitrogens with zero attached hydrogens (tertiary/aromatic N) is 2. The van der Waals surface area contributed by atoms with Crippen molar-refractivity contribution >= 4 is 29.1 Å². The van der Waals surface area contributed by atoms with Gasteiger partial charge in [0, 0.05) is 28.4 Å². The fraction of sp³-hybridized carbons (Fsp3) is 0.273. The molecule has 0 aliphatic rings. The average molecular weight is 451 g/mol. The van der Waals surface area contributed by atoms with E-state index in [9.17, 15) is 13.2 Å². The molecule has 1 heterocycles. The SMILES string of the molecule is CC[C@H](C)Nc1nc(Nc2cc(Cl)ccc2C)cc(-c2cccc(OC(F)(F)F)c2)n1. The van der Waals surface area contributed by atoms with Gasteiger partial charge in [0.15, 0.2) is 0 Å². The molecular weight excluding hydrogens is 429 g/mol. The Labute approximate surface area is 183 Å². The fourth-order valence-electron chi connectivity index (χ4n) is 2.77. The molecule has 0 radical (unpaired) electrons. The second-order valence-corrected chi connectivity index (χ2v) is 7.51. The second kappa shape index (κ2) is 9.43. The lowest BCUT2D eigenvalue weighted by atomic mass is 10.1. The van der Waals surface area contributed by atoms with Crippen molar-refractivity contribution in [3.63, 3.8) is 0 Å². The molecule has 164 valence electrons. The molecule has 0 spiro atoms. The summed E-state index contributed by atoms with van der Waals surface area (Å²) >= 11 is 6.11. The second-order valence-electron chi connectivity index (χ2n) is 7.08. The monoisotopic (exact) mass is 450 g/mol. The number of hydrogen-bond acceptors (Lipinski definition) is 5. The van der Waals surface area contributed by atoms with Gasteiger partial charge in [-0.25, -0.2) is 4.98 Å². The summed E-state index contributed by atoms with van der Waals surface area (Å²) in [7, 11) is 0. The number of aromatic nitrogens is 2. The van der Waals surface area contributed by atoms with E-state index in [2.05, 4.69) is 25.3 Å². The van der Waals surface area contributed by atoms with Crippen molar-refractivity contribution in [1.82, 2.24) is 9.97 Å². The molecule has 0 aliphatic heterocycles. The van der Waals surface area contributed by atoms with E-state index < -0.39 is 6.36 Å². The minimum Gasteiger partial charge on any atom is -0.406 e. The first-order valence-corrected chi connectivity index (χ1v) is 10.1. The number of benzene rings is 2. The summed E-state index contributed by atoms with van der Waals surface area (Å²) in [5.41, 5.74) is 2.63. The van der Waals surface area contributed by atoms with Gasteiger partial charge >= 0.3 is 6.36 Å². The van der Waals surface area contributed by atoms with Gasteiger partial charge in [0.05, 0.1) is 5.69 Å². The minimum atomic E-state index is -4.77. The Bertz CT molecular complexity index is 1060. The van der Waals surface area contributed by atoms with Gasteiger partial charge in [0.2, 0.25) is 5.95 Å². The summed E-state index contributed by atoms with van der Waals surface area (Å²) in [5.74, 6) is 0.514. The van der Waals surface area contributed by atoms with E-state index in [4.69, 9.17) is 11.6 Å². The lowest BCUT2D eigenvalue weighted by Gasteiger charge is -2.16. The zero-order valence-electron chi connectivity index (χ0n) is 17.2. The van der Waals surface area contributed by atoms with Crippen LogP contribution in [0.4, 0.5) is 30.6 Å². The van der Waals surface area contributed by atoms with Crippen LogP contribution in [0.15, 0.2) is 48.5 Å². The zero-order chi connectivity index (χ0) is 22.6. The third-order valence-electron chi connectivity index (χ3n) is 4.54. The molecule has 0 fully saturated rings. The number of nitrogens with one attached hydrogen (secondary N) is 2. The normalized spacial score (nSPS) is 12.4. The molecule has 1 atom stereocenters. The van der Waals surface area contributed by atoms with Crippen LogP contribution in [-0.4, -0.2) is 22.4 Å². The van der Waals surface area contributed by atoms with Crippen molar-refractivity contribution in [3.8, 4) is 17.0 Å². The first kappa shape index (κ1) is 22.7.